The summed E-state index contributed by atoms with van der Waals surface area (Å²) in [7, 11) is -1.72. The van der Waals surface area contributed by atoms with Crippen molar-refractivity contribution in [1.82, 2.24) is 13.9 Å². The van der Waals surface area contributed by atoms with E-state index in [1.165, 1.54) is 6.33 Å². The second kappa shape index (κ2) is 4.73. The first-order valence-electron chi connectivity index (χ1n) is 6.08. The van der Waals surface area contributed by atoms with Crippen molar-refractivity contribution in [1.29, 1.82) is 0 Å². The molecule has 0 spiro atoms. The second-order valence-electron chi connectivity index (χ2n) is 4.79. The topological polar surface area (TPSA) is 55.2 Å². The van der Waals surface area contributed by atoms with E-state index in [1.54, 1.807) is 33.5 Å². The number of sulfonamides is 1. The van der Waals surface area contributed by atoms with Crippen LogP contribution in [0, 0.1) is 0 Å². The Morgan fingerprint density at radius 2 is 2.32 bits per heavy atom. The van der Waals surface area contributed by atoms with Crippen LogP contribution >= 0.6 is 11.3 Å². The van der Waals surface area contributed by atoms with Crippen LogP contribution in [0.2, 0.25) is 0 Å². The first kappa shape index (κ1) is 12.8. The number of nitrogens with zero attached hydrogens (tertiary/aromatic N) is 3. The Bertz CT molecular complexity index is 657. The van der Waals surface area contributed by atoms with Gasteiger partial charge in [-0.25, -0.2) is 13.4 Å². The second-order valence-corrected chi connectivity index (χ2v) is 7.41. The average Bonchev–Trinajstić information content (AvgIpc) is 2.88. The van der Waals surface area contributed by atoms with Gasteiger partial charge in [-0.15, -0.1) is 0 Å². The molecule has 2 aromatic heterocycles. The maximum Gasteiger partial charge on any atom is 0.262 e. The lowest BCUT2D eigenvalue weighted by atomic mass is 10.3. The highest BCUT2D eigenvalue weighted by molar-refractivity contribution is 7.89. The van der Waals surface area contributed by atoms with Crippen molar-refractivity contribution in [2.24, 2.45) is 7.05 Å². The van der Waals surface area contributed by atoms with Gasteiger partial charge in [0.1, 0.15) is 0 Å². The molecule has 3 rings (SSSR count). The lowest BCUT2D eigenvalue weighted by Crippen LogP contribution is -2.32. The molecule has 0 atom stereocenters. The van der Waals surface area contributed by atoms with Gasteiger partial charge in [0, 0.05) is 25.8 Å². The van der Waals surface area contributed by atoms with Crippen molar-refractivity contribution in [3.8, 4) is 0 Å². The predicted molar refractivity (Wildman–Crippen MR) is 73.3 cm³/mol. The summed E-state index contributed by atoms with van der Waals surface area (Å²) in [5.41, 5.74) is 1.04. The fourth-order valence-corrected chi connectivity index (χ4v) is 4.28. The molecular formula is C12H15N3O2S2. The minimum Gasteiger partial charge on any atom is -0.339 e. The zero-order valence-corrected chi connectivity index (χ0v) is 12.2. The summed E-state index contributed by atoms with van der Waals surface area (Å²) in [4.78, 5) is 3.98. The van der Waals surface area contributed by atoms with Crippen molar-refractivity contribution in [3.05, 3.63) is 34.9 Å². The van der Waals surface area contributed by atoms with E-state index in [1.807, 2.05) is 16.8 Å². The fourth-order valence-electron chi connectivity index (χ4n) is 1.98. The predicted octanol–water partition coefficient (Wildman–Crippen LogP) is 1.83. The molecule has 1 aliphatic carbocycles. The average molecular weight is 297 g/mol. The normalized spacial score (nSPS) is 16.1. The Hall–Kier alpha value is -1.18. The number of aromatic nitrogens is 2. The molecule has 0 amide bonds. The Labute approximate surface area is 116 Å². The maximum absolute atomic E-state index is 12.6. The highest BCUT2D eigenvalue weighted by Crippen LogP contribution is 2.33. The number of hydrogen-bond acceptors (Lipinski definition) is 4. The lowest BCUT2D eigenvalue weighted by molar-refractivity contribution is 0.397. The van der Waals surface area contributed by atoms with Crippen LogP contribution < -0.4 is 0 Å². The molecule has 1 fully saturated rings. The number of hydrogen-bond donors (Lipinski definition) is 0. The van der Waals surface area contributed by atoms with Gasteiger partial charge in [0.25, 0.3) is 10.0 Å². The highest BCUT2D eigenvalue weighted by atomic mass is 32.2. The molecule has 0 N–H and O–H groups in total. The van der Waals surface area contributed by atoms with Gasteiger partial charge in [-0.1, -0.05) is 0 Å². The van der Waals surface area contributed by atoms with Gasteiger partial charge in [-0.3, -0.25) is 0 Å². The lowest BCUT2D eigenvalue weighted by Gasteiger charge is -2.20. The van der Waals surface area contributed by atoms with Crippen LogP contribution in [0.5, 0.6) is 0 Å². The SMILES string of the molecule is Cn1cnc(S(=O)(=O)N(Cc2ccsc2)C2CC2)c1. The molecule has 7 heteroatoms. The van der Waals surface area contributed by atoms with Crippen LogP contribution in [0.4, 0.5) is 0 Å². The summed E-state index contributed by atoms with van der Waals surface area (Å²) in [6.07, 6.45) is 4.95. The Morgan fingerprint density at radius 1 is 1.53 bits per heavy atom. The van der Waals surface area contributed by atoms with E-state index in [2.05, 4.69) is 4.98 Å². The molecule has 1 saturated carbocycles. The summed E-state index contributed by atoms with van der Waals surface area (Å²) < 4.78 is 28.4. The van der Waals surface area contributed by atoms with Gasteiger partial charge in [-0.05, 0) is 35.2 Å². The van der Waals surface area contributed by atoms with Crippen LogP contribution in [0.1, 0.15) is 18.4 Å². The Morgan fingerprint density at radius 3 is 2.84 bits per heavy atom. The monoisotopic (exact) mass is 297 g/mol. The van der Waals surface area contributed by atoms with Gasteiger partial charge in [0.15, 0.2) is 5.03 Å². The molecule has 0 aromatic carbocycles. The molecule has 102 valence electrons. The minimum absolute atomic E-state index is 0.131. The van der Waals surface area contributed by atoms with E-state index in [4.69, 9.17) is 0 Å². The molecule has 0 bridgehead atoms. The Balaban J connectivity index is 1.91. The van der Waals surface area contributed by atoms with Crippen molar-refractivity contribution in [2.75, 3.05) is 0 Å². The van der Waals surface area contributed by atoms with E-state index in [-0.39, 0.29) is 11.1 Å². The number of thiophene rings is 1. The minimum atomic E-state index is -3.49. The first-order chi connectivity index (χ1) is 9.07. The van der Waals surface area contributed by atoms with Gasteiger partial charge in [-0.2, -0.15) is 15.6 Å². The molecule has 0 aliphatic heterocycles. The van der Waals surface area contributed by atoms with Crippen LogP contribution in [0.3, 0.4) is 0 Å². The third-order valence-electron chi connectivity index (χ3n) is 3.13. The molecular weight excluding hydrogens is 282 g/mol. The zero-order chi connectivity index (χ0) is 13.5. The molecule has 0 saturated heterocycles. The molecule has 19 heavy (non-hydrogen) atoms. The van der Waals surface area contributed by atoms with Crippen molar-refractivity contribution < 1.29 is 8.42 Å². The molecule has 5 nitrogen and oxygen atoms in total. The van der Waals surface area contributed by atoms with Gasteiger partial charge in [0.2, 0.25) is 0 Å². The molecule has 0 unspecified atom stereocenters. The van der Waals surface area contributed by atoms with Crippen LogP contribution in [0.25, 0.3) is 0 Å². The summed E-state index contributed by atoms with van der Waals surface area (Å²) >= 11 is 1.58. The number of rotatable bonds is 5. The van der Waals surface area contributed by atoms with Gasteiger partial charge >= 0.3 is 0 Å². The number of aryl methyl sites for hydroxylation is 1. The quantitative estimate of drug-likeness (QED) is 0.846. The summed E-state index contributed by atoms with van der Waals surface area (Å²) in [6.45, 7) is 0.438. The fraction of sp³-hybridized carbons (Fsp3) is 0.417. The van der Waals surface area contributed by atoms with Crippen molar-refractivity contribution >= 4 is 21.4 Å². The summed E-state index contributed by atoms with van der Waals surface area (Å²) in [5.74, 6) is 0. The molecule has 1 aliphatic rings. The van der Waals surface area contributed by atoms with E-state index in [0.29, 0.717) is 6.54 Å². The summed E-state index contributed by atoms with van der Waals surface area (Å²) in [5, 5.41) is 4.09. The molecule has 2 aromatic rings. The number of imidazole rings is 1. The van der Waals surface area contributed by atoms with Crippen LogP contribution in [-0.2, 0) is 23.6 Å². The zero-order valence-electron chi connectivity index (χ0n) is 10.6. The smallest absolute Gasteiger partial charge is 0.262 e. The van der Waals surface area contributed by atoms with E-state index in [0.717, 1.165) is 18.4 Å². The van der Waals surface area contributed by atoms with Crippen molar-refractivity contribution in [3.63, 3.8) is 0 Å². The third kappa shape index (κ3) is 2.58. The Kier molecular flexibility index (Phi) is 3.20. The highest BCUT2D eigenvalue weighted by Gasteiger charge is 2.39. The van der Waals surface area contributed by atoms with E-state index >= 15 is 0 Å². The van der Waals surface area contributed by atoms with Crippen molar-refractivity contribution in [2.45, 2.75) is 30.5 Å². The summed E-state index contributed by atoms with van der Waals surface area (Å²) in [6, 6.07) is 2.10. The van der Waals surface area contributed by atoms with Crippen LogP contribution in [-0.4, -0.2) is 28.3 Å². The first-order valence-corrected chi connectivity index (χ1v) is 8.46. The molecule has 0 radical (unpaired) electrons. The molecule has 2 heterocycles. The largest absolute Gasteiger partial charge is 0.339 e. The van der Waals surface area contributed by atoms with Crippen LogP contribution in [0.15, 0.2) is 34.4 Å². The van der Waals surface area contributed by atoms with E-state index in [9.17, 15) is 8.42 Å². The van der Waals surface area contributed by atoms with Gasteiger partial charge < -0.3 is 4.57 Å². The standard InChI is InChI=1S/C12H15N3O2S2/c1-14-7-12(13-9-14)19(16,17)15(11-2-3-11)6-10-4-5-18-8-10/h4-5,7-9,11H,2-3,6H2,1H3. The van der Waals surface area contributed by atoms with E-state index < -0.39 is 10.0 Å². The van der Waals surface area contributed by atoms with Gasteiger partial charge in [0.05, 0.1) is 6.33 Å². The maximum atomic E-state index is 12.6. The third-order valence-corrected chi connectivity index (χ3v) is 5.64.